The van der Waals surface area contributed by atoms with Crippen molar-refractivity contribution in [3.05, 3.63) is 58.6 Å². The molecule has 5 nitrogen and oxygen atoms in total. The number of amides is 2. The van der Waals surface area contributed by atoms with E-state index < -0.39 is 0 Å². The van der Waals surface area contributed by atoms with Crippen LogP contribution in [0.15, 0.2) is 42.5 Å². The molecule has 0 saturated carbocycles. The van der Waals surface area contributed by atoms with Gasteiger partial charge in [-0.05, 0) is 50.2 Å². The fourth-order valence-electron chi connectivity index (χ4n) is 2.36. The molecule has 132 valence electrons. The quantitative estimate of drug-likeness (QED) is 0.830. The van der Waals surface area contributed by atoms with Crippen molar-refractivity contribution in [2.24, 2.45) is 0 Å². The maximum absolute atomic E-state index is 12.2. The molecule has 0 fully saturated rings. The summed E-state index contributed by atoms with van der Waals surface area (Å²) in [6, 6.07) is 12.9. The zero-order valence-electron chi connectivity index (χ0n) is 14.6. The van der Waals surface area contributed by atoms with Crippen LogP contribution in [0.1, 0.15) is 11.1 Å². The predicted octanol–water partition coefficient (Wildman–Crippen LogP) is 3.47. The van der Waals surface area contributed by atoms with Gasteiger partial charge in [-0.1, -0.05) is 35.9 Å². The van der Waals surface area contributed by atoms with Crippen LogP contribution in [0.3, 0.4) is 0 Å². The van der Waals surface area contributed by atoms with E-state index in [1.165, 1.54) is 0 Å². The summed E-state index contributed by atoms with van der Waals surface area (Å²) < 4.78 is 0. The van der Waals surface area contributed by atoms with Gasteiger partial charge in [0, 0.05) is 5.69 Å². The SMILES string of the molecule is Cc1ccc(C)c(NC(=O)CN(C)CC(=O)Nc2ccccc2Cl)c1. The van der Waals surface area contributed by atoms with Crippen molar-refractivity contribution in [2.45, 2.75) is 13.8 Å². The normalized spacial score (nSPS) is 10.6. The lowest BCUT2D eigenvalue weighted by Crippen LogP contribution is -2.36. The molecule has 0 saturated heterocycles. The maximum Gasteiger partial charge on any atom is 0.238 e. The van der Waals surface area contributed by atoms with E-state index in [4.69, 9.17) is 11.6 Å². The van der Waals surface area contributed by atoms with Crippen LogP contribution in [-0.2, 0) is 9.59 Å². The lowest BCUT2D eigenvalue weighted by atomic mass is 10.1. The highest BCUT2D eigenvalue weighted by molar-refractivity contribution is 6.33. The number of hydrogen-bond donors (Lipinski definition) is 2. The highest BCUT2D eigenvalue weighted by atomic mass is 35.5. The second kappa shape index (κ2) is 8.65. The van der Waals surface area contributed by atoms with Gasteiger partial charge < -0.3 is 10.6 Å². The number of halogens is 1. The number of anilines is 2. The van der Waals surface area contributed by atoms with Crippen molar-refractivity contribution < 1.29 is 9.59 Å². The van der Waals surface area contributed by atoms with Crippen LogP contribution in [0.2, 0.25) is 5.02 Å². The maximum atomic E-state index is 12.2. The molecule has 0 unspecified atom stereocenters. The Morgan fingerprint density at radius 3 is 2.20 bits per heavy atom. The Morgan fingerprint density at radius 2 is 1.56 bits per heavy atom. The average Bonchev–Trinajstić information content (AvgIpc) is 2.52. The predicted molar refractivity (Wildman–Crippen MR) is 102 cm³/mol. The van der Waals surface area contributed by atoms with Crippen LogP contribution < -0.4 is 10.6 Å². The minimum absolute atomic E-state index is 0.0887. The third-order valence-corrected chi connectivity index (χ3v) is 3.97. The average molecular weight is 360 g/mol. The first kappa shape index (κ1) is 19.0. The third-order valence-electron chi connectivity index (χ3n) is 3.64. The Morgan fingerprint density at radius 1 is 0.960 bits per heavy atom. The Labute approximate surface area is 153 Å². The lowest BCUT2D eigenvalue weighted by Gasteiger charge is -2.17. The van der Waals surface area contributed by atoms with Gasteiger partial charge in [0.2, 0.25) is 11.8 Å². The number of para-hydroxylation sites is 1. The minimum atomic E-state index is -0.227. The topological polar surface area (TPSA) is 61.4 Å². The summed E-state index contributed by atoms with van der Waals surface area (Å²) in [7, 11) is 1.72. The van der Waals surface area contributed by atoms with Crippen LogP contribution in [0.4, 0.5) is 11.4 Å². The van der Waals surface area contributed by atoms with E-state index >= 15 is 0 Å². The summed E-state index contributed by atoms with van der Waals surface area (Å²) in [6.07, 6.45) is 0. The summed E-state index contributed by atoms with van der Waals surface area (Å²) >= 11 is 6.01. The van der Waals surface area contributed by atoms with Crippen LogP contribution in [0.25, 0.3) is 0 Å². The summed E-state index contributed by atoms with van der Waals surface area (Å²) in [4.78, 5) is 25.9. The highest BCUT2D eigenvalue weighted by Crippen LogP contribution is 2.20. The monoisotopic (exact) mass is 359 g/mol. The molecule has 0 aliphatic rings. The second-order valence-corrected chi connectivity index (χ2v) is 6.47. The van der Waals surface area contributed by atoms with E-state index in [2.05, 4.69) is 10.6 Å². The summed E-state index contributed by atoms with van der Waals surface area (Å²) in [5, 5.41) is 6.09. The molecule has 2 amide bonds. The van der Waals surface area contributed by atoms with Crippen LogP contribution in [0.5, 0.6) is 0 Å². The standard InChI is InChI=1S/C19H22ClN3O2/c1-13-8-9-14(2)17(10-13)22-19(25)12-23(3)11-18(24)21-16-7-5-4-6-15(16)20/h4-10H,11-12H2,1-3H3,(H,21,24)(H,22,25). The van der Waals surface area contributed by atoms with E-state index in [0.29, 0.717) is 10.7 Å². The number of likely N-dealkylation sites (N-methyl/N-ethyl adjacent to an activating group) is 1. The summed E-state index contributed by atoms with van der Waals surface area (Å²) in [5.74, 6) is -0.392. The number of carbonyl (C=O) groups excluding carboxylic acids is 2. The Kier molecular flexibility index (Phi) is 6.56. The largest absolute Gasteiger partial charge is 0.325 e. The zero-order chi connectivity index (χ0) is 18.4. The number of hydrogen-bond acceptors (Lipinski definition) is 3. The molecule has 6 heteroatoms. The van der Waals surface area contributed by atoms with Crippen molar-refractivity contribution in [1.29, 1.82) is 0 Å². The molecular formula is C19H22ClN3O2. The third kappa shape index (κ3) is 5.89. The van der Waals surface area contributed by atoms with Crippen LogP contribution >= 0.6 is 11.6 Å². The number of nitrogens with zero attached hydrogens (tertiary/aromatic N) is 1. The number of carbonyl (C=O) groups is 2. The van der Waals surface area contributed by atoms with Crippen LogP contribution in [-0.4, -0.2) is 36.9 Å². The van der Waals surface area contributed by atoms with Crippen molar-refractivity contribution in [1.82, 2.24) is 4.90 Å². The van der Waals surface area contributed by atoms with E-state index in [1.807, 2.05) is 32.0 Å². The number of rotatable bonds is 6. The molecule has 0 spiro atoms. The molecule has 0 atom stereocenters. The first-order valence-electron chi connectivity index (χ1n) is 7.95. The summed E-state index contributed by atoms with van der Waals surface area (Å²) in [5.41, 5.74) is 3.42. The van der Waals surface area contributed by atoms with Gasteiger partial charge in [-0.2, -0.15) is 0 Å². The molecular weight excluding hydrogens is 338 g/mol. The van der Waals surface area contributed by atoms with Crippen molar-refractivity contribution in [3.8, 4) is 0 Å². The van der Waals surface area contributed by atoms with Gasteiger partial charge in [-0.15, -0.1) is 0 Å². The molecule has 0 heterocycles. The lowest BCUT2D eigenvalue weighted by molar-refractivity contribution is -0.119. The highest BCUT2D eigenvalue weighted by Gasteiger charge is 2.13. The van der Waals surface area contributed by atoms with Crippen LogP contribution in [0, 0.1) is 13.8 Å². The molecule has 0 bridgehead atoms. The van der Waals surface area contributed by atoms with Gasteiger partial charge in [0.15, 0.2) is 0 Å². The fraction of sp³-hybridized carbons (Fsp3) is 0.263. The molecule has 0 radical (unpaired) electrons. The first-order valence-corrected chi connectivity index (χ1v) is 8.33. The fourth-order valence-corrected chi connectivity index (χ4v) is 2.54. The van der Waals surface area contributed by atoms with Gasteiger partial charge in [0.05, 0.1) is 23.8 Å². The molecule has 2 N–H and O–H groups in total. The Bertz CT molecular complexity index is 777. The molecule has 25 heavy (non-hydrogen) atoms. The van der Waals surface area contributed by atoms with E-state index in [9.17, 15) is 9.59 Å². The molecule has 0 aliphatic carbocycles. The van der Waals surface area contributed by atoms with E-state index in [0.717, 1.165) is 16.8 Å². The van der Waals surface area contributed by atoms with E-state index in [1.54, 1.807) is 36.2 Å². The molecule has 2 aromatic rings. The first-order chi connectivity index (χ1) is 11.8. The molecule has 2 rings (SSSR count). The zero-order valence-corrected chi connectivity index (χ0v) is 15.4. The molecule has 0 aliphatic heterocycles. The van der Waals surface area contributed by atoms with Crippen molar-refractivity contribution >= 4 is 34.8 Å². The van der Waals surface area contributed by atoms with Gasteiger partial charge in [0.25, 0.3) is 0 Å². The number of aryl methyl sites for hydroxylation is 2. The van der Waals surface area contributed by atoms with Gasteiger partial charge in [0.1, 0.15) is 0 Å². The minimum Gasteiger partial charge on any atom is -0.325 e. The van der Waals surface area contributed by atoms with Gasteiger partial charge in [-0.3, -0.25) is 14.5 Å². The Hall–Kier alpha value is -2.37. The Balaban J connectivity index is 1.85. The summed E-state index contributed by atoms with van der Waals surface area (Å²) in [6.45, 7) is 4.12. The number of nitrogens with one attached hydrogen (secondary N) is 2. The number of benzene rings is 2. The molecule has 2 aromatic carbocycles. The smallest absolute Gasteiger partial charge is 0.238 e. The van der Waals surface area contributed by atoms with Gasteiger partial charge >= 0.3 is 0 Å². The van der Waals surface area contributed by atoms with E-state index in [-0.39, 0.29) is 24.9 Å². The van der Waals surface area contributed by atoms with Gasteiger partial charge in [-0.25, -0.2) is 0 Å². The molecule has 0 aromatic heterocycles. The van der Waals surface area contributed by atoms with Crippen molar-refractivity contribution in [3.63, 3.8) is 0 Å². The van der Waals surface area contributed by atoms with Crippen molar-refractivity contribution in [2.75, 3.05) is 30.8 Å². The second-order valence-electron chi connectivity index (χ2n) is 6.07.